The minimum absolute atomic E-state index is 0.0722. The van der Waals surface area contributed by atoms with Crippen molar-refractivity contribution < 1.29 is 14.3 Å². The van der Waals surface area contributed by atoms with Crippen molar-refractivity contribution in [3.05, 3.63) is 65.7 Å². The smallest absolute Gasteiger partial charge is 0.315 e. The lowest BCUT2D eigenvalue weighted by atomic mass is 10.1. The van der Waals surface area contributed by atoms with Gasteiger partial charge in [0.2, 0.25) is 0 Å². The average molecular weight is 383 g/mol. The van der Waals surface area contributed by atoms with E-state index >= 15 is 0 Å². The Morgan fingerprint density at radius 1 is 1.14 bits per heavy atom. The molecule has 1 aliphatic heterocycles. The number of ether oxygens (including phenoxy) is 2. The van der Waals surface area contributed by atoms with Crippen molar-refractivity contribution in [3.8, 4) is 5.75 Å². The van der Waals surface area contributed by atoms with E-state index in [9.17, 15) is 4.79 Å². The Bertz CT molecular complexity index is 733. The SMILES string of the molecule is Cc1cccc(OCCNC(=O)N[C@H](CN2CCOCC2)c2ccccc2)c1. The van der Waals surface area contributed by atoms with Gasteiger partial charge in [-0.25, -0.2) is 4.79 Å². The van der Waals surface area contributed by atoms with Crippen LogP contribution in [-0.2, 0) is 4.74 Å². The number of nitrogens with one attached hydrogen (secondary N) is 2. The van der Waals surface area contributed by atoms with Crippen molar-refractivity contribution in [1.29, 1.82) is 0 Å². The highest BCUT2D eigenvalue weighted by atomic mass is 16.5. The molecule has 0 radical (unpaired) electrons. The number of carbonyl (C=O) groups excluding carboxylic acids is 1. The molecule has 0 unspecified atom stereocenters. The normalized spacial score (nSPS) is 15.6. The van der Waals surface area contributed by atoms with Gasteiger partial charge in [0, 0.05) is 19.6 Å². The number of aryl methyl sites for hydroxylation is 1. The van der Waals surface area contributed by atoms with Crippen LogP contribution < -0.4 is 15.4 Å². The molecule has 1 saturated heterocycles. The summed E-state index contributed by atoms with van der Waals surface area (Å²) in [7, 11) is 0. The third-order valence-electron chi connectivity index (χ3n) is 4.70. The first kappa shape index (κ1) is 20.2. The Balaban J connectivity index is 1.47. The zero-order valence-electron chi connectivity index (χ0n) is 16.4. The molecule has 0 bridgehead atoms. The highest BCUT2D eigenvalue weighted by molar-refractivity contribution is 5.74. The largest absolute Gasteiger partial charge is 0.492 e. The lowest BCUT2D eigenvalue weighted by molar-refractivity contribution is 0.0339. The van der Waals surface area contributed by atoms with Gasteiger partial charge in [0.15, 0.2) is 0 Å². The summed E-state index contributed by atoms with van der Waals surface area (Å²) in [6, 6.07) is 17.7. The molecule has 6 nitrogen and oxygen atoms in total. The zero-order valence-corrected chi connectivity index (χ0v) is 16.4. The van der Waals surface area contributed by atoms with Gasteiger partial charge in [0.05, 0.1) is 25.8 Å². The van der Waals surface area contributed by atoms with E-state index in [1.54, 1.807) is 0 Å². The molecule has 28 heavy (non-hydrogen) atoms. The summed E-state index contributed by atoms with van der Waals surface area (Å²) in [6.07, 6.45) is 0. The van der Waals surface area contributed by atoms with Crippen LogP contribution in [0.3, 0.4) is 0 Å². The maximum atomic E-state index is 12.4. The molecule has 2 aromatic carbocycles. The summed E-state index contributed by atoms with van der Waals surface area (Å²) in [6.45, 7) is 6.91. The molecule has 3 rings (SSSR count). The van der Waals surface area contributed by atoms with Crippen molar-refractivity contribution >= 4 is 6.03 Å². The second kappa shape index (κ2) is 10.7. The molecule has 2 aromatic rings. The Morgan fingerprint density at radius 2 is 1.93 bits per heavy atom. The van der Waals surface area contributed by atoms with E-state index in [4.69, 9.17) is 9.47 Å². The van der Waals surface area contributed by atoms with E-state index in [2.05, 4.69) is 15.5 Å². The first-order valence-corrected chi connectivity index (χ1v) is 9.79. The maximum Gasteiger partial charge on any atom is 0.315 e. The van der Waals surface area contributed by atoms with Gasteiger partial charge >= 0.3 is 6.03 Å². The number of urea groups is 1. The first-order valence-electron chi connectivity index (χ1n) is 9.79. The third-order valence-corrected chi connectivity index (χ3v) is 4.70. The van der Waals surface area contributed by atoms with Gasteiger partial charge in [0.25, 0.3) is 0 Å². The van der Waals surface area contributed by atoms with Gasteiger partial charge in [0.1, 0.15) is 12.4 Å². The zero-order chi connectivity index (χ0) is 19.6. The standard InChI is InChI=1S/C22H29N3O3/c1-18-6-5-9-20(16-18)28-13-10-23-22(26)24-21(19-7-3-2-4-8-19)17-25-11-14-27-15-12-25/h2-9,16,21H,10-15,17H2,1H3,(H2,23,24,26)/t21-/m1/s1. The number of benzene rings is 2. The third kappa shape index (κ3) is 6.55. The number of hydrogen-bond acceptors (Lipinski definition) is 4. The van der Waals surface area contributed by atoms with E-state index in [-0.39, 0.29) is 12.1 Å². The van der Waals surface area contributed by atoms with Crippen LogP contribution in [0.4, 0.5) is 4.79 Å². The number of nitrogens with zero attached hydrogens (tertiary/aromatic N) is 1. The van der Waals surface area contributed by atoms with Gasteiger partial charge in [-0.15, -0.1) is 0 Å². The Hall–Kier alpha value is -2.57. The van der Waals surface area contributed by atoms with Gasteiger partial charge in [-0.2, -0.15) is 0 Å². The van der Waals surface area contributed by atoms with Crippen molar-refractivity contribution in [2.75, 3.05) is 46.0 Å². The lowest BCUT2D eigenvalue weighted by Crippen LogP contribution is -2.46. The van der Waals surface area contributed by atoms with E-state index < -0.39 is 0 Å². The van der Waals surface area contributed by atoms with E-state index in [0.717, 1.165) is 49.7 Å². The van der Waals surface area contributed by atoms with Gasteiger partial charge in [-0.3, -0.25) is 4.90 Å². The van der Waals surface area contributed by atoms with Crippen molar-refractivity contribution in [1.82, 2.24) is 15.5 Å². The van der Waals surface area contributed by atoms with Crippen molar-refractivity contribution in [2.24, 2.45) is 0 Å². The Kier molecular flexibility index (Phi) is 7.70. The fraction of sp³-hybridized carbons (Fsp3) is 0.409. The minimum Gasteiger partial charge on any atom is -0.492 e. The quantitative estimate of drug-likeness (QED) is 0.688. The molecule has 0 aliphatic carbocycles. The molecule has 0 spiro atoms. The second-order valence-corrected chi connectivity index (χ2v) is 6.94. The fourth-order valence-corrected chi connectivity index (χ4v) is 3.21. The predicted molar refractivity (Wildman–Crippen MR) is 110 cm³/mol. The van der Waals surface area contributed by atoms with Gasteiger partial charge in [-0.1, -0.05) is 42.5 Å². The molecular weight excluding hydrogens is 354 g/mol. The molecule has 6 heteroatoms. The number of carbonyl (C=O) groups is 1. The molecule has 1 aliphatic rings. The van der Waals surface area contributed by atoms with E-state index in [1.807, 2.05) is 61.5 Å². The van der Waals surface area contributed by atoms with Gasteiger partial charge in [-0.05, 0) is 30.2 Å². The van der Waals surface area contributed by atoms with Crippen molar-refractivity contribution in [2.45, 2.75) is 13.0 Å². The number of hydrogen-bond donors (Lipinski definition) is 2. The number of amides is 2. The average Bonchev–Trinajstić information content (AvgIpc) is 2.72. The molecule has 1 heterocycles. The summed E-state index contributed by atoms with van der Waals surface area (Å²) in [5.41, 5.74) is 2.25. The minimum atomic E-state index is -0.185. The highest BCUT2D eigenvalue weighted by Crippen LogP contribution is 2.15. The van der Waals surface area contributed by atoms with Crippen LogP contribution in [0.15, 0.2) is 54.6 Å². The molecule has 150 valence electrons. The monoisotopic (exact) mass is 383 g/mol. The molecule has 2 N–H and O–H groups in total. The summed E-state index contributed by atoms with van der Waals surface area (Å²) in [5, 5.41) is 5.99. The van der Waals surface area contributed by atoms with Crippen LogP contribution in [0, 0.1) is 6.92 Å². The summed E-state index contributed by atoms with van der Waals surface area (Å²) < 4.78 is 11.1. The molecule has 2 amide bonds. The van der Waals surface area contributed by atoms with E-state index in [0.29, 0.717) is 13.2 Å². The maximum absolute atomic E-state index is 12.4. The highest BCUT2D eigenvalue weighted by Gasteiger charge is 2.19. The van der Waals surface area contributed by atoms with Crippen molar-refractivity contribution in [3.63, 3.8) is 0 Å². The van der Waals surface area contributed by atoms with Crippen LogP contribution in [0.1, 0.15) is 17.2 Å². The summed E-state index contributed by atoms with van der Waals surface area (Å²) in [5.74, 6) is 0.816. The van der Waals surface area contributed by atoms with Crippen LogP contribution in [0.5, 0.6) is 5.75 Å². The van der Waals surface area contributed by atoms with Crippen LogP contribution in [0.2, 0.25) is 0 Å². The number of rotatable bonds is 8. The number of morpholine rings is 1. The molecular formula is C22H29N3O3. The van der Waals surface area contributed by atoms with Crippen LogP contribution in [-0.4, -0.2) is 56.9 Å². The predicted octanol–water partition coefficient (Wildman–Crippen LogP) is 2.75. The molecule has 0 aromatic heterocycles. The van der Waals surface area contributed by atoms with Crippen LogP contribution >= 0.6 is 0 Å². The summed E-state index contributed by atoms with van der Waals surface area (Å²) in [4.78, 5) is 14.7. The fourth-order valence-electron chi connectivity index (χ4n) is 3.21. The van der Waals surface area contributed by atoms with Gasteiger partial charge < -0.3 is 20.1 Å². The molecule has 1 atom stereocenters. The second-order valence-electron chi connectivity index (χ2n) is 6.94. The van der Waals surface area contributed by atoms with Crippen LogP contribution in [0.25, 0.3) is 0 Å². The summed E-state index contributed by atoms with van der Waals surface area (Å²) >= 11 is 0. The lowest BCUT2D eigenvalue weighted by Gasteiger charge is -2.31. The molecule has 0 saturated carbocycles. The van der Waals surface area contributed by atoms with E-state index in [1.165, 1.54) is 0 Å². The Morgan fingerprint density at radius 3 is 2.68 bits per heavy atom. The topological polar surface area (TPSA) is 62.8 Å². The molecule has 1 fully saturated rings. The first-order chi connectivity index (χ1) is 13.7. The Labute approximate surface area is 166 Å².